The average Bonchev–Trinajstić information content (AvgIpc) is 2.87. The molecule has 2 aromatic carbocycles. The van der Waals surface area contributed by atoms with Crippen LogP contribution in [0.5, 0.6) is 11.5 Å². The molecule has 0 amide bonds. The zero-order valence-electron chi connectivity index (χ0n) is 19.9. The summed E-state index contributed by atoms with van der Waals surface area (Å²) in [5.74, 6) is -2.74. The lowest BCUT2D eigenvalue weighted by atomic mass is 9.69. The number of ketones is 2. The van der Waals surface area contributed by atoms with Crippen LogP contribution in [0, 0.1) is 5.92 Å². The molecule has 1 saturated heterocycles. The fourth-order valence-corrected chi connectivity index (χ4v) is 6.21. The molecule has 3 aliphatic rings. The summed E-state index contributed by atoms with van der Waals surface area (Å²) in [7, 11) is 0. The molecule has 0 spiro atoms. The molecule has 0 saturated carbocycles. The van der Waals surface area contributed by atoms with Gasteiger partial charge in [0.15, 0.2) is 11.6 Å². The highest BCUT2D eigenvalue weighted by Gasteiger charge is 2.44. The molecule has 0 aromatic heterocycles. The number of carbonyl (C=O) groups excluding carboxylic acids is 2. The van der Waals surface area contributed by atoms with E-state index in [4.69, 9.17) is 10.5 Å². The first-order chi connectivity index (χ1) is 17.1. The molecule has 7 atom stereocenters. The van der Waals surface area contributed by atoms with Gasteiger partial charge in [0.1, 0.15) is 11.5 Å². The zero-order valence-corrected chi connectivity index (χ0v) is 19.9. The Bertz CT molecular complexity index is 1210. The van der Waals surface area contributed by atoms with Crippen LogP contribution in [0.15, 0.2) is 24.3 Å². The van der Waals surface area contributed by atoms with Crippen LogP contribution < -0.4 is 5.73 Å². The summed E-state index contributed by atoms with van der Waals surface area (Å²) in [6.07, 6.45) is -1.58. The van der Waals surface area contributed by atoms with Crippen molar-refractivity contribution in [3.05, 3.63) is 57.6 Å². The van der Waals surface area contributed by atoms with Crippen LogP contribution in [0.2, 0.25) is 0 Å². The first kappa shape index (κ1) is 24.9. The summed E-state index contributed by atoms with van der Waals surface area (Å²) in [5.41, 5.74) is 6.61. The minimum absolute atomic E-state index is 0.115. The minimum Gasteiger partial charge on any atom is -0.507 e. The topological polar surface area (TPSA) is 171 Å². The van der Waals surface area contributed by atoms with Crippen LogP contribution >= 0.6 is 0 Å². The predicted octanol–water partition coefficient (Wildman–Crippen LogP) is 1.13. The molecule has 2 aliphatic carbocycles. The number of aliphatic hydroxyl groups is 3. The van der Waals surface area contributed by atoms with E-state index in [1.165, 1.54) is 12.1 Å². The lowest BCUT2D eigenvalue weighted by Crippen LogP contribution is -2.51. The third-order valence-corrected chi connectivity index (χ3v) is 8.06. The van der Waals surface area contributed by atoms with Gasteiger partial charge in [-0.2, -0.15) is 0 Å². The van der Waals surface area contributed by atoms with Crippen molar-refractivity contribution in [3.63, 3.8) is 0 Å². The molecule has 9 nitrogen and oxygen atoms in total. The van der Waals surface area contributed by atoms with Crippen molar-refractivity contribution in [1.82, 2.24) is 0 Å². The predicted molar refractivity (Wildman–Crippen MR) is 128 cm³/mol. The average molecular weight is 498 g/mol. The summed E-state index contributed by atoms with van der Waals surface area (Å²) < 4.78 is 5.97. The van der Waals surface area contributed by atoms with Crippen LogP contribution in [-0.2, 0) is 11.2 Å². The van der Waals surface area contributed by atoms with E-state index < -0.39 is 54.4 Å². The number of hydrogen-bond acceptors (Lipinski definition) is 9. The Morgan fingerprint density at radius 2 is 1.67 bits per heavy atom. The molecule has 1 aliphatic heterocycles. The first-order valence-electron chi connectivity index (χ1n) is 12.3. The number of benzene rings is 2. The minimum atomic E-state index is -1.08. The van der Waals surface area contributed by atoms with Gasteiger partial charge in [0, 0.05) is 28.3 Å². The summed E-state index contributed by atoms with van der Waals surface area (Å²) >= 11 is 0. The maximum atomic E-state index is 13.4. The molecule has 1 fully saturated rings. The quantitative estimate of drug-likeness (QED) is 0.289. The third-order valence-electron chi connectivity index (χ3n) is 8.06. The molecule has 0 bridgehead atoms. The van der Waals surface area contributed by atoms with Crippen molar-refractivity contribution in [2.24, 2.45) is 11.7 Å². The van der Waals surface area contributed by atoms with Crippen LogP contribution in [-0.4, -0.2) is 74.2 Å². The van der Waals surface area contributed by atoms with Gasteiger partial charge >= 0.3 is 0 Å². The number of aliphatic hydroxyl groups excluding tert-OH is 3. The number of hydrogen-bond donors (Lipinski definition) is 6. The number of carbonyl (C=O) groups is 2. The van der Waals surface area contributed by atoms with Gasteiger partial charge in [0.2, 0.25) is 0 Å². The van der Waals surface area contributed by atoms with Gasteiger partial charge in [0.25, 0.3) is 0 Å². The van der Waals surface area contributed by atoms with Crippen LogP contribution in [0.3, 0.4) is 0 Å². The maximum Gasteiger partial charge on any atom is 0.198 e. The Hall–Kier alpha value is -2.82. The van der Waals surface area contributed by atoms with E-state index in [9.17, 15) is 35.1 Å². The van der Waals surface area contributed by atoms with E-state index in [0.29, 0.717) is 24.8 Å². The molecule has 9 heteroatoms. The van der Waals surface area contributed by atoms with Crippen molar-refractivity contribution in [1.29, 1.82) is 0 Å². The van der Waals surface area contributed by atoms with Gasteiger partial charge in [-0.3, -0.25) is 9.59 Å². The number of phenolic OH excluding ortho intramolecular Hbond substituents is 2. The monoisotopic (exact) mass is 497 g/mol. The van der Waals surface area contributed by atoms with Gasteiger partial charge in [-0.1, -0.05) is 24.3 Å². The van der Waals surface area contributed by atoms with E-state index in [-0.39, 0.29) is 51.8 Å². The third kappa shape index (κ3) is 3.82. The Morgan fingerprint density at radius 3 is 2.25 bits per heavy atom. The maximum absolute atomic E-state index is 13.4. The van der Waals surface area contributed by atoms with E-state index in [1.807, 2.05) is 0 Å². The van der Waals surface area contributed by atoms with E-state index in [1.54, 1.807) is 19.1 Å². The summed E-state index contributed by atoms with van der Waals surface area (Å²) in [5, 5.41) is 53.0. The van der Waals surface area contributed by atoms with Crippen molar-refractivity contribution in [2.75, 3.05) is 6.61 Å². The molecule has 1 heterocycles. The number of nitrogens with two attached hydrogens (primary N) is 1. The largest absolute Gasteiger partial charge is 0.507 e. The number of rotatable bonds is 4. The zero-order chi connectivity index (χ0) is 25.9. The second-order valence-corrected chi connectivity index (χ2v) is 10.3. The highest BCUT2D eigenvalue weighted by molar-refractivity contribution is 6.30. The van der Waals surface area contributed by atoms with Gasteiger partial charge in [-0.05, 0) is 44.4 Å². The SMILES string of the molecule is C[C@H]1O[C@@H](CC2CC(C(O)CO)Cc3c(O)c4c(c(O)c32)C(=O)c2ccccc2C4=O)C[C@H](N)[C@H]1O. The van der Waals surface area contributed by atoms with Gasteiger partial charge in [-0.25, -0.2) is 0 Å². The molecule has 5 rings (SSSR count). The molecule has 0 radical (unpaired) electrons. The normalized spacial score (nSPS) is 30.4. The molecule has 36 heavy (non-hydrogen) atoms. The molecule has 2 aromatic rings. The van der Waals surface area contributed by atoms with Gasteiger partial charge in [0.05, 0.1) is 42.1 Å². The Morgan fingerprint density at radius 1 is 1.06 bits per heavy atom. The van der Waals surface area contributed by atoms with Crippen molar-refractivity contribution in [3.8, 4) is 11.5 Å². The van der Waals surface area contributed by atoms with Crippen molar-refractivity contribution < 1.29 is 39.9 Å². The Labute approximate surface area is 208 Å². The van der Waals surface area contributed by atoms with E-state index >= 15 is 0 Å². The fraction of sp³-hybridized carbons (Fsp3) is 0.481. The van der Waals surface area contributed by atoms with Gasteiger partial charge in [-0.15, -0.1) is 0 Å². The molecule has 192 valence electrons. The second kappa shape index (κ2) is 9.24. The number of aromatic hydroxyl groups is 2. The van der Waals surface area contributed by atoms with E-state index in [2.05, 4.69) is 0 Å². The first-order valence-corrected chi connectivity index (χ1v) is 12.3. The Balaban J connectivity index is 1.63. The number of phenols is 2. The molecule has 7 N–H and O–H groups in total. The van der Waals surface area contributed by atoms with Crippen LogP contribution in [0.25, 0.3) is 0 Å². The summed E-state index contributed by atoms with van der Waals surface area (Å²) in [6.45, 7) is 1.24. The highest BCUT2D eigenvalue weighted by Crippen LogP contribution is 2.52. The lowest BCUT2D eigenvalue weighted by Gasteiger charge is -2.41. The standard InChI is InChI=1S/C27H31NO8/c1-11-23(31)18(28)9-14(36-11)7-13-6-12(19(30)10-29)8-17-20(13)27(35)22-21(26(17)34)24(32)15-4-2-3-5-16(15)25(22)33/h2-5,11-14,18-19,23,29-31,34-35H,6-10,28H2,1H3/t11-,12?,13?,14+,18+,19?,23+/m1/s1. The summed E-state index contributed by atoms with van der Waals surface area (Å²) in [4.78, 5) is 26.7. The number of ether oxygens (including phenoxy) is 1. The molecule has 3 unspecified atom stereocenters. The summed E-state index contributed by atoms with van der Waals surface area (Å²) in [6, 6.07) is 5.79. The highest BCUT2D eigenvalue weighted by atomic mass is 16.5. The Kier molecular flexibility index (Phi) is 6.38. The van der Waals surface area contributed by atoms with Gasteiger partial charge < -0.3 is 36.0 Å². The van der Waals surface area contributed by atoms with Crippen molar-refractivity contribution >= 4 is 11.6 Å². The second-order valence-electron chi connectivity index (χ2n) is 10.3. The fourth-order valence-electron chi connectivity index (χ4n) is 6.21. The smallest absolute Gasteiger partial charge is 0.198 e. The van der Waals surface area contributed by atoms with Crippen molar-refractivity contribution in [2.45, 2.75) is 69.0 Å². The van der Waals surface area contributed by atoms with Crippen LogP contribution in [0.4, 0.5) is 0 Å². The number of fused-ring (bicyclic) bond motifs is 3. The van der Waals surface area contributed by atoms with Crippen LogP contribution in [0.1, 0.15) is 75.1 Å². The van der Waals surface area contributed by atoms with E-state index in [0.717, 1.165) is 0 Å². The molecular formula is C27H31NO8. The lowest BCUT2D eigenvalue weighted by molar-refractivity contribution is -0.122. The molecular weight excluding hydrogens is 466 g/mol.